The van der Waals surface area contributed by atoms with Crippen molar-refractivity contribution in [2.24, 2.45) is 11.3 Å². The smallest absolute Gasteiger partial charge is 0.313 e. The molecule has 2 fully saturated rings. The number of unbranched alkanes of at least 4 members (excludes halogenated alkanes) is 2. The molecule has 7 heteroatoms. The van der Waals surface area contributed by atoms with Crippen LogP contribution in [-0.4, -0.2) is 69.3 Å². The Balaban J connectivity index is 1.59. The predicted molar refractivity (Wildman–Crippen MR) is 107 cm³/mol. The molecule has 1 aromatic heterocycles. The third kappa shape index (κ3) is 3.81. The average molecular weight is 391 g/mol. The van der Waals surface area contributed by atoms with Crippen molar-refractivity contribution >= 4 is 11.9 Å². The normalized spacial score (nSPS) is 24.7. The lowest BCUT2D eigenvalue weighted by molar-refractivity contribution is -0.149. The van der Waals surface area contributed by atoms with Crippen molar-refractivity contribution in [3.8, 4) is 0 Å². The van der Waals surface area contributed by atoms with Gasteiger partial charge in [0.1, 0.15) is 5.41 Å². The molecular weight excluding hydrogens is 356 g/mol. The van der Waals surface area contributed by atoms with Crippen LogP contribution in [0.2, 0.25) is 0 Å². The van der Waals surface area contributed by atoms with Gasteiger partial charge in [-0.05, 0) is 39.3 Å². The van der Waals surface area contributed by atoms with Crippen molar-refractivity contribution < 1.29 is 14.7 Å². The summed E-state index contributed by atoms with van der Waals surface area (Å²) in [6, 6.07) is 0. The Labute approximate surface area is 167 Å². The lowest BCUT2D eigenvalue weighted by atomic mass is 9.81. The number of aryl methyl sites for hydroxylation is 2. The zero-order valence-electron chi connectivity index (χ0n) is 17.7. The first kappa shape index (κ1) is 20.8. The molecule has 2 saturated heterocycles. The number of carboxylic acids is 1. The van der Waals surface area contributed by atoms with Crippen molar-refractivity contribution in [3.05, 3.63) is 17.0 Å². The first-order chi connectivity index (χ1) is 13.3. The number of carbonyl (C=O) groups excluding carboxylic acids is 1. The van der Waals surface area contributed by atoms with E-state index in [0.29, 0.717) is 32.6 Å². The Bertz CT molecular complexity index is 744. The SMILES string of the molecule is CCCCCN1CC2CN(C(=O)CCn3nc(C)c(C)c3C)C[C@@]2(C(=O)O)C1. The first-order valence-corrected chi connectivity index (χ1v) is 10.5. The molecule has 0 bridgehead atoms. The quantitative estimate of drug-likeness (QED) is 0.689. The van der Waals surface area contributed by atoms with Gasteiger partial charge in [0.2, 0.25) is 5.91 Å². The molecule has 7 nitrogen and oxygen atoms in total. The van der Waals surface area contributed by atoms with Crippen molar-refractivity contribution in [1.29, 1.82) is 0 Å². The summed E-state index contributed by atoms with van der Waals surface area (Å²) in [5.41, 5.74) is 2.45. The Morgan fingerprint density at radius 1 is 1.14 bits per heavy atom. The predicted octanol–water partition coefficient (Wildman–Crippen LogP) is 2.23. The van der Waals surface area contributed by atoms with Crippen LogP contribution < -0.4 is 0 Å². The minimum atomic E-state index is -0.795. The summed E-state index contributed by atoms with van der Waals surface area (Å²) in [4.78, 5) is 29.0. The van der Waals surface area contributed by atoms with E-state index in [-0.39, 0.29) is 11.8 Å². The maximum Gasteiger partial charge on any atom is 0.313 e. The van der Waals surface area contributed by atoms with Crippen LogP contribution in [0.1, 0.15) is 49.6 Å². The van der Waals surface area contributed by atoms with Crippen LogP contribution in [0, 0.1) is 32.1 Å². The van der Waals surface area contributed by atoms with E-state index in [9.17, 15) is 14.7 Å². The highest BCUT2D eigenvalue weighted by molar-refractivity contribution is 5.81. The molecule has 1 aromatic rings. The Morgan fingerprint density at radius 2 is 1.89 bits per heavy atom. The molecule has 0 saturated carbocycles. The van der Waals surface area contributed by atoms with Crippen molar-refractivity contribution in [3.63, 3.8) is 0 Å². The molecule has 0 radical (unpaired) electrons. The van der Waals surface area contributed by atoms with Crippen LogP contribution in [0.25, 0.3) is 0 Å². The number of aliphatic carboxylic acids is 1. The summed E-state index contributed by atoms with van der Waals surface area (Å²) in [6.45, 7) is 12.0. The number of fused-ring (bicyclic) bond motifs is 1. The lowest BCUT2D eigenvalue weighted by Gasteiger charge is -2.25. The average Bonchev–Trinajstić information content (AvgIpc) is 3.25. The van der Waals surface area contributed by atoms with Gasteiger partial charge in [-0.15, -0.1) is 0 Å². The highest BCUT2D eigenvalue weighted by Gasteiger charge is 2.58. The van der Waals surface area contributed by atoms with Gasteiger partial charge in [-0.25, -0.2) is 0 Å². The number of rotatable bonds is 8. The standard InChI is InChI=1S/C21H34N4O3/c1-5-6-7-9-23-11-18-12-24(14-21(18,13-23)20(27)28)19(26)8-10-25-17(4)15(2)16(3)22-25/h18H,5-14H2,1-4H3,(H,27,28)/t18?,21-/m0/s1. The van der Waals surface area contributed by atoms with E-state index in [1.165, 1.54) is 12.8 Å². The minimum absolute atomic E-state index is 0.0338. The van der Waals surface area contributed by atoms with Crippen LogP contribution in [0.5, 0.6) is 0 Å². The number of amides is 1. The number of hydrogen-bond acceptors (Lipinski definition) is 4. The Morgan fingerprint density at radius 3 is 2.46 bits per heavy atom. The first-order valence-electron chi connectivity index (χ1n) is 10.5. The maximum atomic E-state index is 12.8. The molecule has 0 aliphatic carbocycles. The van der Waals surface area contributed by atoms with Gasteiger partial charge in [0.15, 0.2) is 0 Å². The van der Waals surface area contributed by atoms with Gasteiger partial charge in [0.05, 0.1) is 5.69 Å². The second-order valence-electron chi connectivity index (χ2n) is 8.64. The van der Waals surface area contributed by atoms with Crippen LogP contribution in [0.3, 0.4) is 0 Å². The Hall–Kier alpha value is -1.89. The summed E-state index contributed by atoms with van der Waals surface area (Å²) in [7, 11) is 0. The number of carboxylic acid groups (broad SMARTS) is 1. The molecular formula is C21H34N4O3. The second kappa shape index (κ2) is 8.23. The van der Waals surface area contributed by atoms with Gasteiger partial charge in [-0.1, -0.05) is 19.8 Å². The van der Waals surface area contributed by atoms with E-state index in [1.807, 2.05) is 25.5 Å². The van der Waals surface area contributed by atoms with E-state index in [0.717, 1.165) is 36.5 Å². The van der Waals surface area contributed by atoms with E-state index < -0.39 is 11.4 Å². The number of carbonyl (C=O) groups is 2. The zero-order chi connectivity index (χ0) is 20.5. The molecule has 1 N–H and O–H groups in total. The fraction of sp³-hybridized carbons (Fsp3) is 0.762. The fourth-order valence-corrected chi connectivity index (χ4v) is 4.78. The largest absolute Gasteiger partial charge is 0.481 e. The highest BCUT2D eigenvalue weighted by Crippen LogP contribution is 2.43. The second-order valence-corrected chi connectivity index (χ2v) is 8.64. The molecule has 0 aromatic carbocycles. The van der Waals surface area contributed by atoms with Crippen LogP contribution in [0.4, 0.5) is 0 Å². The molecule has 28 heavy (non-hydrogen) atoms. The maximum absolute atomic E-state index is 12.8. The molecule has 0 spiro atoms. The summed E-state index contributed by atoms with van der Waals surface area (Å²) in [6.07, 6.45) is 3.82. The third-order valence-corrected chi connectivity index (χ3v) is 6.82. The van der Waals surface area contributed by atoms with Crippen molar-refractivity contribution in [2.75, 3.05) is 32.7 Å². The van der Waals surface area contributed by atoms with E-state index in [4.69, 9.17) is 0 Å². The number of hydrogen-bond donors (Lipinski definition) is 1. The molecule has 156 valence electrons. The molecule has 1 amide bonds. The number of nitrogens with zero attached hydrogens (tertiary/aromatic N) is 4. The zero-order valence-corrected chi connectivity index (χ0v) is 17.7. The van der Waals surface area contributed by atoms with Crippen molar-refractivity contribution in [1.82, 2.24) is 19.6 Å². The third-order valence-electron chi connectivity index (χ3n) is 6.82. The van der Waals surface area contributed by atoms with E-state index in [1.54, 1.807) is 4.90 Å². The summed E-state index contributed by atoms with van der Waals surface area (Å²) >= 11 is 0. The molecule has 2 atom stereocenters. The molecule has 2 aliphatic heterocycles. The summed E-state index contributed by atoms with van der Waals surface area (Å²) in [5.74, 6) is -0.677. The van der Waals surface area contributed by atoms with Crippen molar-refractivity contribution in [2.45, 2.75) is 59.9 Å². The van der Waals surface area contributed by atoms with Gasteiger partial charge in [0.25, 0.3) is 0 Å². The highest BCUT2D eigenvalue weighted by atomic mass is 16.4. The van der Waals surface area contributed by atoms with Gasteiger partial charge in [-0.2, -0.15) is 5.10 Å². The lowest BCUT2D eigenvalue weighted by Crippen LogP contribution is -2.42. The summed E-state index contributed by atoms with van der Waals surface area (Å²) < 4.78 is 1.89. The van der Waals surface area contributed by atoms with E-state index in [2.05, 4.69) is 16.9 Å². The topological polar surface area (TPSA) is 78.7 Å². The van der Waals surface area contributed by atoms with E-state index >= 15 is 0 Å². The van der Waals surface area contributed by atoms with Gasteiger partial charge in [-0.3, -0.25) is 14.3 Å². The number of aromatic nitrogens is 2. The number of likely N-dealkylation sites (tertiary alicyclic amines) is 2. The molecule has 3 heterocycles. The van der Waals surface area contributed by atoms with Gasteiger partial charge >= 0.3 is 5.97 Å². The fourth-order valence-electron chi connectivity index (χ4n) is 4.78. The van der Waals surface area contributed by atoms with Gasteiger partial charge in [0, 0.05) is 50.8 Å². The monoisotopic (exact) mass is 390 g/mol. The van der Waals surface area contributed by atoms with Crippen LogP contribution in [-0.2, 0) is 16.1 Å². The van der Waals surface area contributed by atoms with Crippen LogP contribution in [0.15, 0.2) is 0 Å². The molecule has 1 unspecified atom stereocenters. The van der Waals surface area contributed by atoms with Crippen LogP contribution >= 0.6 is 0 Å². The van der Waals surface area contributed by atoms with Gasteiger partial charge < -0.3 is 14.9 Å². The molecule has 3 rings (SSSR count). The molecule has 2 aliphatic rings. The summed E-state index contributed by atoms with van der Waals surface area (Å²) in [5, 5.41) is 14.5. The minimum Gasteiger partial charge on any atom is -0.481 e. The Kier molecular flexibility index (Phi) is 6.12.